The lowest BCUT2D eigenvalue weighted by Crippen LogP contribution is -2.44. The standard InChI is InChI=1S/C27H25NO4/c1-18(29)22-23(19-12-6-3-7-13-19)25(27(31)32-2)28(26(22)30)24(20-14-8-4-9-15-20)21-16-10-5-11-17-21/h3-17,22-25H,1-2H3/t22-,23-,25-/m0/s1. The Kier molecular flexibility index (Phi) is 6.17. The third-order valence-electron chi connectivity index (χ3n) is 6.09. The quantitative estimate of drug-likeness (QED) is 0.438. The Morgan fingerprint density at radius 1 is 0.812 bits per heavy atom. The molecular formula is C27H25NO4. The van der Waals surface area contributed by atoms with Gasteiger partial charge in [0, 0.05) is 5.92 Å². The Hall–Kier alpha value is -3.73. The molecule has 0 bridgehead atoms. The molecule has 1 saturated heterocycles. The lowest BCUT2D eigenvalue weighted by atomic mass is 9.82. The summed E-state index contributed by atoms with van der Waals surface area (Å²) in [4.78, 5) is 41.3. The number of esters is 1. The highest BCUT2D eigenvalue weighted by molar-refractivity contribution is 6.06. The van der Waals surface area contributed by atoms with Crippen LogP contribution in [0.1, 0.15) is 35.6 Å². The number of carbonyl (C=O) groups excluding carboxylic acids is 3. The van der Waals surface area contributed by atoms with Crippen LogP contribution in [-0.4, -0.2) is 35.7 Å². The van der Waals surface area contributed by atoms with E-state index < -0.39 is 29.9 Å². The van der Waals surface area contributed by atoms with Crippen LogP contribution in [0.4, 0.5) is 0 Å². The van der Waals surface area contributed by atoms with Gasteiger partial charge in [-0.05, 0) is 23.6 Å². The van der Waals surface area contributed by atoms with Gasteiger partial charge in [0.25, 0.3) is 0 Å². The molecule has 1 aliphatic heterocycles. The first-order valence-corrected chi connectivity index (χ1v) is 10.6. The molecule has 3 aromatic carbocycles. The summed E-state index contributed by atoms with van der Waals surface area (Å²) in [5.41, 5.74) is 2.48. The number of carbonyl (C=O) groups is 3. The van der Waals surface area contributed by atoms with E-state index >= 15 is 0 Å². The molecule has 4 rings (SSSR count). The van der Waals surface area contributed by atoms with Gasteiger partial charge < -0.3 is 9.64 Å². The molecule has 1 fully saturated rings. The summed E-state index contributed by atoms with van der Waals surface area (Å²) in [6.07, 6.45) is 0. The minimum Gasteiger partial charge on any atom is -0.467 e. The summed E-state index contributed by atoms with van der Waals surface area (Å²) >= 11 is 0. The van der Waals surface area contributed by atoms with Gasteiger partial charge in [-0.2, -0.15) is 0 Å². The smallest absolute Gasteiger partial charge is 0.329 e. The normalized spacial score (nSPS) is 20.4. The van der Waals surface area contributed by atoms with Crippen molar-refractivity contribution in [2.45, 2.75) is 24.9 Å². The van der Waals surface area contributed by atoms with Crippen molar-refractivity contribution >= 4 is 17.7 Å². The summed E-state index contributed by atoms with van der Waals surface area (Å²) in [6, 6.07) is 26.9. The largest absolute Gasteiger partial charge is 0.467 e. The molecule has 162 valence electrons. The number of ether oxygens (including phenoxy) is 1. The molecule has 3 atom stereocenters. The molecule has 5 heteroatoms. The topological polar surface area (TPSA) is 63.7 Å². The van der Waals surface area contributed by atoms with Gasteiger partial charge >= 0.3 is 5.97 Å². The molecule has 1 heterocycles. The summed E-state index contributed by atoms with van der Waals surface area (Å²) in [5.74, 6) is -2.76. The van der Waals surface area contributed by atoms with Crippen molar-refractivity contribution in [2.75, 3.05) is 7.11 Å². The molecule has 0 radical (unpaired) electrons. The van der Waals surface area contributed by atoms with Crippen LogP contribution in [0.5, 0.6) is 0 Å². The van der Waals surface area contributed by atoms with Crippen LogP contribution < -0.4 is 0 Å². The first kappa shape index (κ1) is 21.5. The van der Waals surface area contributed by atoms with Crippen molar-refractivity contribution in [3.05, 3.63) is 108 Å². The maximum atomic E-state index is 13.8. The van der Waals surface area contributed by atoms with Gasteiger partial charge in [0.15, 0.2) is 0 Å². The van der Waals surface area contributed by atoms with Gasteiger partial charge in [-0.15, -0.1) is 0 Å². The predicted molar refractivity (Wildman–Crippen MR) is 121 cm³/mol. The fraction of sp³-hybridized carbons (Fsp3) is 0.222. The number of Topliss-reactive ketones (excluding diaryl/α,β-unsaturated/α-hetero) is 1. The van der Waals surface area contributed by atoms with E-state index in [-0.39, 0.29) is 11.7 Å². The summed E-state index contributed by atoms with van der Waals surface area (Å²) in [7, 11) is 1.31. The highest BCUT2D eigenvalue weighted by atomic mass is 16.5. The van der Waals surface area contributed by atoms with E-state index in [1.165, 1.54) is 14.0 Å². The molecule has 1 aliphatic rings. The second-order valence-electron chi connectivity index (χ2n) is 7.96. The first-order chi connectivity index (χ1) is 15.5. The maximum absolute atomic E-state index is 13.8. The SMILES string of the molecule is COC(=O)[C@@H]1[C@@H](c2ccccc2)[C@H](C(C)=O)C(=O)N1C(c1ccccc1)c1ccccc1. The predicted octanol–water partition coefficient (Wildman–Crippen LogP) is 4.15. The number of hydrogen-bond acceptors (Lipinski definition) is 4. The number of rotatable bonds is 6. The zero-order valence-electron chi connectivity index (χ0n) is 18.0. The monoisotopic (exact) mass is 427 g/mol. The first-order valence-electron chi connectivity index (χ1n) is 10.6. The number of benzene rings is 3. The molecular weight excluding hydrogens is 402 g/mol. The van der Waals surface area contributed by atoms with E-state index in [2.05, 4.69) is 0 Å². The summed E-state index contributed by atoms with van der Waals surface area (Å²) in [6.45, 7) is 1.41. The number of ketones is 1. The molecule has 0 aliphatic carbocycles. The van der Waals surface area contributed by atoms with Crippen LogP contribution in [0.15, 0.2) is 91.0 Å². The molecule has 0 saturated carbocycles. The van der Waals surface area contributed by atoms with Crippen molar-refractivity contribution < 1.29 is 19.1 Å². The number of methoxy groups -OCH3 is 1. The Balaban J connectivity index is 1.94. The summed E-state index contributed by atoms with van der Waals surface area (Å²) in [5, 5.41) is 0. The maximum Gasteiger partial charge on any atom is 0.329 e. The number of amides is 1. The molecule has 32 heavy (non-hydrogen) atoms. The van der Waals surface area contributed by atoms with Gasteiger partial charge in [0.05, 0.1) is 13.2 Å². The number of nitrogens with zero attached hydrogens (tertiary/aromatic N) is 1. The van der Waals surface area contributed by atoms with Gasteiger partial charge in [0.2, 0.25) is 5.91 Å². The van der Waals surface area contributed by atoms with E-state index in [9.17, 15) is 14.4 Å². The van der Waals surface area contributed by atoms with Gasteiger partial charge in [-0.25, -0.2) is 4.79 Å². The Morgan fingerprint density at radius 2 is 1.28 bits per heavy atom. The van der Waals surface area contributed by atoms with Crippen molar-refractivity contribution in [3.63, 3.8) is 0 Å². The number of likely N-dealkylation sites (tertiary alicyclic amines) is 1. The van der Waals surface area contributed by atoms with Crippen LogP contribution >= 0.6 is 0 Å². The fourth-order valence-electron chi connectivity index (χ4n) is 4.74. The Labute approximate surface area is 187 Å². The molecule has 0 aromatic heterocycles. The van der Waals surface area contributed by atoms with Crippen LogP contribution in [-0.2, 0) is 19.1 Å². The zero-order chi connectivity index (χ0) is 22.7. The average Bonchev–Trinajstić information content (AvgIpc) is 3.14. The second kappa shape index (κ2) is 9.18. The van der Waals surface area contributed by atoms with Crippen LogP contribution in [0.3, 0.4) is 0 Å². The van der Waals surface area contributed by atoms with E-state index in [1.54, 1.807) is 4.90 Å². The molecule has 0 N–H and O–H groups in total. The lowest BCUT2D eigenvalue weighted by Gasteiger charge is -2.34. The van der Waals surface area contributed by atoms with E-state index in [4.69, 9.17) is 4.74 Å². The van der Waals surface area contributed by atoms with Gasteiger partial charge in [-0.1, -0.05) is 91.0 Å². The third kappa shape index (κ3) is 3.82. The highest BCUT2D eigenvalue weighted by Crippen LogP contribution is 2.46. The van der Waals surface area contributed by atoms with Crippen LogP contribution in [0, 0.1) is 5.92 Å². The average molecular weight is 428 g/mol. The van der Waals surface area contributed by atoms with Crippen molar-refractivity contribution in [2.24, 2.45) is 5.92 Å². The molecule has 1 amide bonds. The fourth-order valence-corrected chi connectivity index (χ4v) is 4.74. The number of hydrogen-bond donors (Lipinski definition) is 0. The van der Waals surface area contributed by atoms with Crippen LogP contribution in [0.2, 0.25) is 0 Å². The zero-order valence-corrected chi connectivity index (χ0v) is 18.0. The molecule has 3 aromatic rings. The molecule has 0 unspecified atom stereocenters. The Bertz CT molecular complexity index is 1060. The van der Waals surface area contributed by atoms with Crippen molar-refractivity contribution in [3.8, 4) is 0 Å². The minimum absolute atomic E-state index is 0.264. The molecule has 5 nitrogen and oxygen atoms in total. The lowest BCUT2D eigenvalue weighted by molar-refractivity contribution is -0.151. The third-order valence-corrected chi connectivity index (χ3v) is 6.09. The van der Waals surface area contributed by atoms with Crippen molar-refractivity contribution in [1.29, 1.82) is 0 Å². The van der Waals surface area contributed by atoms with Crippen LogP contribution in [0.25, 0.3) is 0 Å². The van der Waals surface area contributed by atoms with E-state index in [0.717, 1.165) is 16.7 Å². The summed E-state index contributed by atoms with van der Waals surface area (Å²) < 4.78 is 5.17. The second-order valence-corrected chi connectivity index (χ2v) is 7.96. The van der Waals surface area contributed by atoms with E-state index in [1.807, 2.05) is 91.0 Å². The van der Waals surface area contributed by atoms with Gasteiger partial charge in [-0.3, -0.25) is 9.59 Å². The van der Waals surface area contributed by atoms with E-state index in [0.29, 0.717) is 0 Å². The van der Waals surface area contributed by atoms with Crippen molar-refractivity contribution in [1.82, 2.24) is 4.90 Å². The van der Waals surface area contributed by atoms with Gasteiger partial charge in [0.1, 0.15) is 17.7 Å². The highest BCUT2D eigenvalue weighted by Gasteiger charge is 2.56. The Morgan fingerprint density at radius 3 is 1.72 bits per heavy atom. The molecule has 0 spiro atoms. The minimum atomic E-state index is -0.962.